The number of amides is 1. The number of ether oxygens (including phenoxy) is 1. The average molecular weight is 301 g/mol. The van der Waals surface area contributed by atoms with Crippen LogP contribution in [0.25, 0.3) is 0 Å². The van der Waals surface area contributed by atoms with Crippen LogP contribution >= 0.6 is 0 Å². The van der Waals surface area contributed by atoms with E-state index in [9.17, 15) is 9.18 Å². The molecule has 1 atom stereocenters. The number of carbonyl (C=O) groups is 1. The van der Waals surface area contributed by atoms with Crippen LogP contribution in [0.1, 0.15) is 29.7 Å². The van der Waals surface area contributed by atoms with Crippen molar-refractivity contribution in [3.8, 4) is 5.75 Å². The molecule has 3 nitrogen and oxygen atoms in total. The van der Waals surface area contributed by atoms with E-state index in [1.165, 1.54) is 12.1 Å². The first-order valence-corrected chi connectivity index (χ1v) is 7.18. The fourth-order valence-electron chi connectivity index (χ4n) is 2.36. The molecule has 22 heavy (non-hydrogen) atoms. The Kier molecular flexibility index (Phi) is 5.15. The zero-order chi connectivity index (χ0) is 16.1. The Balaban J connectivity index is 1.97. The molecule has 1 unspecified atom stereocenters. The number of hydrogen-bond acceptors (Lipinski definition) is 2. The molecule has 0 fully saturated rings. The van der Waals surface area contributed by atoms with Gasteiger partial charge in [0.15, 0.2) is 0 Å². The third-order valence-corrected chi connectivity index (χ3v) is 3.57. The molecule has 0 aliphatic rings. The minimum atomic E-state index is -0.281. The second kappa shape index (κ2) is 7.07. The standard InChI is InChI=1S/C18H20FNO2/c1-12-10-14(4-9-17(12)22-3)11-18(21)20-13(2)15-5-7-16(19)8-6-15/h4-10,13H,11H2,1-3H3,(H,20,21). The second-order valence-electron chi connectivity index (χ2n) is 5.32. The van der Waals surface area contributed by atoms with E-state index in [4.69, 9.17) is 4.74 Å². The summed E-state index contributed by atoms with van der Waals surface area (Å²) in [5.74, 6) is 0.459. The summed E-state index contributed by atoms with van der Waals surface area (Å²) in [4.78, 5) is 12.1. The Bertz CT molecular complexity index is 653. The van der Waals surface area contributed by atoms with Crippen LogP contribution in [0.4, 0.5) is 4.39 Å². The first-order chi connectivity index (χ1) is 10.5. The molecule has 0 aliphatic carbocycles. The molecule has 0 aliphatic heterocycles. The first-order valence-electron chi connectivity index (χ1n) is 7.18. The van der Waals surface area contributed by atoms with E-state index in [1.807, 2.05) is 32.0 Å². The van der Waals surface area contributed by atoms with Crippen molar-refractivity contribution in [2.45, 2.75) is 26.3 Å². The zero-order valence-corrected chi connectivity index (χ0v) is 13.0. The molecule has 0 heterocycles. The van der Waals surface area contributed by atoms with Crippen LogP contribution in [0.5, 0.6) is 5.75 Å². The Morgan fingerprint density at radius 2 is 1.91 bits per heavy atom. The predicted molar refractivity (Wildman–Crippen MR) is 84.4 cm³/mol. The van der Waals surface area contributed by atoms with E-state index >= 15 is 0 Å². The van der Waals surface area contributed by atoms with E-state index in [0.717, 1.165) is 22.4 Å². The normalized spacial score (nSPS) is 11.8. The Morgan fingerprint density at radius 3 is 2.50 bits per heavy atom. The highest BCUT2D eigenvalue weighted by atomic mass is 19.1. The van der Waals surface area contributed by atoms with Crippen LogP contribution in [0.15, 0.2) is 42.5 Å². The van der Waals surface area contributed by atoms with Crippen LogP contribution < -0.4 is 10.1 Å². The summed E-state index contributed by atoms with van der Waals surface area (Å²) in [6.07, 6.45) is 0.302. The summed E-state index contributed by atoms with van der Waals surface area (Å²) in [5, 5.41) is 2.92. The maximum Gasteiger partial charge on any atom is 0.224 e. The lowest BCUT2D eigenvalue weighted by Crippen LogP contribution is -2.28. The zero-order valence-electron chi connectivity index (χ0n) is 13.0. The van der Waals surface area contributed by atoms with Crippen molar-refractivity contribution in [1.29, 1.82) is 0 Å². The van der Waals surface area contributed by atoms with Crippen LogP contribution in [0, 0.1) is 12.7 Å². The van der Waals surface area contributed by atoms with Crippen molar-refractivity contribution in [3.05, 3.63) is 65.0 Å². The number of benzene rings is 2. The maximum absolute atomic E-state index is 12.9. The van der Waals surface area contributed by atoms with Gasteiger partial charge in [-0.2, -0.15) is 0 Å². The average Bonchev–Trinajstić information content (AvgIpc) is 2.48. The minimum Gasteiger partial charge on any atom is -0.496 e. The van der Waals surface area contributed by atoms with Crippen molar-refractivity contribution < 1.29 is 13.9 Å². The molecule has 1 amide bonds. The smallest absolute Gasteiger partial charge is 0.224 e. The minimum absolute atomic E-state index is 0.0682. The second-order valence-corrected chi connectivity index (χ2v) is 5.32. The summed E-state index contributed by atoms with van der Waals surface area (Å²) >= 11 is 0. The van der Waals surface area contributed by atoms with Gasteiger partial charge in [-0.15, -0.1) is 0 Å². The highest BCUT2D eigenvalue weighted by molar-refractivity contribution is 5.79. The topological polar surface area (TPSA) is 38.3 Å². The Labute approximate surface area is 130 Å². The van der Waals surface area contributed by atoms with E-state index in [1.54, 1.807) is 19.2 Å². The number of rotatable bonds is 5. The summed E-state index contributed by atoms with van der Waals surface area (Å²) in [7, 11) is 1.62. The number of hydrogen-bond donors (Lipinski definition) is 1. The monoisotopic (exact) mass is 301 g/mol. The molecule has 2 rings (SSSR count). The SMILES string of the molecule is COc1ccc(CC(=O)NC(C)c2ccc(F)cc2)cc1C. The molecule has 2 aromatic rings. The third kappa shape index (κ3) is 4.07. The predicted octanol–water partition coefficient (Wildman–Crippen LogP) is 3.56. The summed E-state index contributed by atoms with van der Waals surface area (Å²) in [6, 6.07) is 11.7. The molecule has 1 N–H and O–H groups in total. The summed E-state index contributed by atoms with van der Waals surface area (Å²) < 4.78 is 18.1. The van der Waals surface area contributed by atoms with Gasteiger partial charge in [-0.05, 0) is 48.7 Å². The number of methoxy groups -OCH3 is 1. The van der Waals surface area contributed by atoms with Crippen molar-refractivity contribution in [3.63, 3.8) is 0 Å². The highest BCUT2D eigenvalue weighted by Crippen LogP contribution is 2.19. The van der Waals surface area contributed by atoms with E-state index in [-0.39, 0.29) is 17.8 Å². The van der Waals surface area contributed by atoms with Crippen molar-refractivity contribution in [2.24, 2.45) is 0 Å². The van der Waals surface area contributed by atoms with Crippen molar-refractivity contribution in [1.82, 2.24) is 5.32 Å². The molecule has 116 valence electrons. The van der Waals surface area contributed by atoms with Gasteiger partial charge in [-0.1, -0.05) is 24.3 Å². The van der Waals surface area contributed by atoms with E-state index in [0.29, 0.717) is 6.42 Å². The highest BCUT2D eigenvalue weighted by Gasteiger charge is 2.11. The number of carbonyl (C=O) groups excluding carboxylic acids is 1. The van der Waals surface area contributed by atoms with Gasteiger partial charge in [-0.25, -0.2) is 4.39 Å². The van der Waals surface area contributed by atoms with Gasteiger partial charge in [0.1, 0.15) is 11.6 Å². The van der Waals surface area contributed by atoms with Crippen LogP contribution in [0.2, 0.25) is 0 Å². The maximum atomic E-state index is 12.9. The first kappa shape index (κ1) is 16.0. The Morgan fingerprint density at radius 1 is 1.23 bits per heavy atom. The van der Waals surface area contributed by atoms with Gasteiger partial charge >= 0.3 is 0 Å². The van der Waals surface area contributed by atoms with Crippen LogP contribution in [-0.2, 0) is 11.2 Å². The number of nitrogens with one attached hydrogen (secondary N) is 1. The molecule has 0 bridgehead atoms. The molecule has 0 saturated heterocycles. The molecular formula is C18H20FNO2. The lowest BCUT2D eigenvalue weighted by molar-refractivity contribution is -0.121. The summed E-state index contributed by atoms with van der Waals surface area (Å²) in [6.45, 7) is 3.83. The van der Waals surface area contributed by atoms with Gasteiger partial charge in [0.2, 0.25) is 5.91 Å². The van der Waals surface area contributed by atoms with Gasteiger partial charge in [0.05, 0.1) is 19.6 Å². The quantitative estimate of drug-likeness (QED) is 0.917. The van der Waals surface area contributed by atoms with Crippen molar-refractivity contribution >= 4 is 5.91 Å². The third-order valence-electron chi connectivity index (χ3n) is 3.57. The van der Waals surface area contributed by atoms with E-state index in [2.05, 4.69) is 5.32 Å². The summed E-state index contributed by atoms with van der Waals surface area (Å²) in [5.41, 5.74) is 2.81. The van der Waals surface area contributed by atoms with Gasteiger partial charge < -0.3 is 10.1 Å². The van der Waals surface area contributed by atoms with E-state index < -0.39 is 0 Å². The van der Waals surface area contributed by atoms with Crippen molar-refractivity contribution in [2.75, 3.05) is 7.11 Å². The fraction of sp³-hybridized carbons (Fsp3) is 0.278. The molecule has 0 saturated carbocycles. The largest absolute Gasteiger partial charge is 0.496 e. The number of aryl methyl sites for hydroxylation is 1. The Hall–Kier alpha value is -2.36. The molecule has 4 heteroatoms. The molecular weight excluding hydrogens is 281 g/mol. The lowest BCUT2D eigenvalue weighted by Gasteiger charge is -2.15. The van der Waals surface area contributed by atoms with Crippen LogP contribution in [-0.4, -0.2) is 13.0 Å². The van der Waals surface area contributed by atoms with Gasteiger partial charge in [0.25, 0.3) is 0 Å². The van der Waals surface area contributed by atoms with Gasteiger partial charge in [0, 0.05) is 0 Å². The molecule has 0 aromatic heterocycles. The molecule has 0 radical (unpaired) electrons. The number of halogens is 1. The molecule has 0 spiro atoms. The van der Waals surface area contributed by atoms with Crippen LogP contribution in [0.3, 0.4) is 0 Å². The van der Waals surface area contributed by atoms with Gasteiger partial charge in [-0.3, -0.25) is 4.79 Å². The fourth-order valence-corrected chi connectivity index (χ4v) is 2.36. The lowest BCUT2D eigenvalue weighted by atomic mass is 10.1. The molecule has 2 aromatic carbocycles.